The second-order valence-corrected chi connectivity index (χ2v) is 19.0. The zero-order chi connectivity index (χ0) is 51.0. The molecule has 0 radical (unpaired) electrons. The Morgan fingerprint density at radius 3 is 1.77 bits per heavy atom. The number of H-pyrrole nitrogens is 1. The zero-order valence-electron chi connectivity index (χ0n) is 41.1. The Hall–Kier alpha value is -3.74. The van der Waals surface area contributed by atoms with E-state index in [0.29, 0.717) is 111 Å². The predicted octanol–water partition coefficient (Wildman–Crippen LogP) is 0.581. The molecule has 1 saturated heterocycles. The van der Waals surface area contributed by atoms with E-state index in [1.807, 2.05) is 13.8 Å². The highest BCUT2D eigenvalue weighted by molar-refractivity contribution is 7.51. The van der Waals surface area contributed by atoms with Gasteiger partial charge >= 0.3 is 7.60 Å². The summed E-state index contributed by atoms with van der Waals surface area (Å²) >= 11 is 0. The van der Waals surface area contributed by atoms with E-state index in [9.17, 15) is 43.1 Å². The number of ketones is 2. The fraction of sp³-hybridized carbons (Fsp3) is 0.800. The second-order valence-electron chi connectivity index (χ2n) is 17.3. The first-order valence-corrected chi connectivity index (χ1v) is 25.5. The van der Waals surface area contributed by atoms with Crippen LogP contribution in [0.5, 0.6) is 0 Å². The summed E-state index contributed by atoms with van der Waals surface area (Å²) in [5.41, 5.74) is 6.02. The first kappa shape index (κ1) is 61.4. The van der Waals surface area contributed by atoms with E-state index >= 15 is 0 Å². The Balaban J connectivity index is 1.77. The molecule has 1 fully saturated rings. The molecule has 0 saturated carbocycles. The van der Waals surface area contributed by atoms with E-state index < -0.39 is 85.3 Å². The van der Waals surface area contributed by atoms with E-state index in [1.54, 1.807) is 7.11 Å². The van der Waals surface area contributed by atoms with Crippen molar-refractivity contribution in [3.63, 3.8) is 0 Å². The van der Waals surface area contributed by atoms with Crippen molar-refractivity contribution in [1.82, 2.24) is 25.5 Å². The molecule has 1 aromatic rings. The van der Waals surface area contributed by atoms with Crippen LogP contribution in [0.1, 0.15) is 71.9 Å². The lowest BCUT2D eigenvalue weighted by molar-refractivity contribution is -0.140. The molecular weight excluding hydrogens is 927 g/mol. The van der Waals surface area contributed by atoms with Gasteiger partial charge in [0.1, 0.15) is 6.04 Å². The number of Topliss-reactive ketones (excluding diaryl/α,β-unsaturated/α-hetero) is 2. The number of carbonyl (C=O) groups excluding carboxylic acids is 6. The Morgan fingerprint density at radius 2 is 1.30 bits per heavy atom. The van der Waals surface area contributed by atoms with E-state index in [0.717, 1.165) is 0 Å². The molecule has 23 nitrogen and oxygen atoms in total. The summed E-state index contributed by atoms with van der Waals surface area (Å²) in [4.78, 5) is 107. The third-order valence-electron chi connectivity index (χ3n) is 11.1. The van der Waals surface area contributed by atoms with Crippen LogP contribution in [-0.4, -0.2) is 197 Å². The Labute approximate surface area is 405 Å². The molecule has 1 aliphatic heterocycles. The normalized spacial score (nSPS) is 16.2. The number of aromatic amines is 1. The number of nitrogens with two attached hydrogens (primary N) is 1. The number of rotatable bonds is 42. The van der Waals surface area contributed by atoms with Gasteiger partial charge in [-0.2, -0.15) is 0 Å². The topological polar surface area (TPSA) is 316 Å². The first-order valence-electron chi connectivity index (χ1n) is 23.7. The number of carbonyl (C=O) groups is 6. The quantitative estimate of drug-likeness (QED) is 0.0385. The molecular formula is C45H79N6O17P. The van der Waals surface area contributed by atoms with Gasteiger partial charge in [0.15, 0.2) is 11.6 Å². The average molecular weight is 1010 g/mol. The highest BCUT2D eigenvalue weighted by Gasteiger charge is 2.37. The molecule has 0 spiro atoms. The lowest BCUT2D eigenvalue weighted by atomic mass is 9.88. The van der Waals surface area contributed by atoms with Crippen LogP contribution >= 0.6 is 7.60 Å². The molecule has 4 amide bonds. The molecule has 396 valence electrons. The summed E-state index contributed by atoms with van der Waals surface area (Å²) < 4.78 is 54.8. The molecule has 0 aliphatic carbocycles. The van der Waals surface area contributed by atoms with Crippen LogP contribution in [-0.2, 0) is 77.6 Å². The van der Waals surface area contributed by atoms with Crippen molar-refractivity contribution in [2.75, 3.05) is 119 Å². The lowest BCUT2D eigenvalue weighted by Crippen LogP contribution is -2.52. The number of amides is 4. The third kappa shape index (κ3) is 27.4. The van der Waals surface area contributed by atoms with E-state index in [2.05, 4.69) is 20.6 Å². The number of ether oxygens (including phenoxy) is 8. The zero-order valence-corrected chi connectivity index (χ0v) is 42.0. The van der Waals surface area contributed by atoms with Gasteiger partial charge < -0.3 is 73.9 Å². The van der Waals surface area contributed by atoms with Crippen molar-refractivity contribution < 1.29 is 81.0 Å². The highest BCUT2D eigenvalue weighted by atomic mass is 31.2. The van der Waals surface area contributed by atoms with Gasteiger partial charge in [0.05, 0.1) is 136 Å². The van der Waals surface area contributed by atoms with E-state index in [1.165, 1.54) is 31.3 Å². The van der Waals surface area contributed by atoms with Gasteiger partial charge in [-0.05, 0) is 38.0 Å². The minimum atomic E-state index is -4.51. The summed E-state index contributed by atoms with van der Waals surface area (Å²) in [6.07, 6.45) is 2.84. The van der Waals surface area contributed by atoms with E-state index in [-0.39, 0.29) is 50.7 Å². The van der Waals surface area contributed by atoms with Gasteiger partial charge in [0, 0.05) is 50.7 Å². The number of aromatic nitrogens is 2. The van der Waals surface area contributed by atoms with Crippen molar-refractivity contribution in [3.8, 4) is 0 Å². The van der Waals surface area contributed by atoms with Crippen LogP contribution < -0.4 is 16.4 Å². The van der Waals surface area contributed by atoms with Crippen LogP contribution in [0.15, 0.2) is 12.5 Å². The number of nitrogens with one attached hydrogen (secondary N) is 3. The summed E-state index contributed by atoms with van der Waals surface area (Å²) in [7, 11) is -2.89. The molecule has 2 rings (SSSR count). The monoisotopic (exact) mass is 1010 g/mol. The standard InChI is InChI=1S/C45H79N6O17P/c1-32(2)25-38(41(53)27-35(26-36-29-47-31-48-36)44(56)49-34(4)40(52)28-37(43(46)55)33(3)30-69(58,59)60)50-45(57)39-7-6-9-51(39)42(54)8-10-62-13-14-64-17-18-66-21-22-68-24-23-67-20-19-65-16-15-63-12-11-61-5/h29,31-35,37-39H,6-28,30H2,1-5H3,(H2,46,55)(H,47,48)(H,49,56)(H,50,57)(H2,58,59,60)/t33-,34-,35+,37-,38-,39-/m0/s1. The van der Waals surface area contributed by atoms with Crippen molar-refractivity contribution in [2.45, 2.75) is 90.8 Å². The first-order chi connectivity index (χ1) is 32.9. The number of imidazole rings is 1. The average Bonchev–Trinajstić information content (AvgIpc) is 4.00. The van der Waals surface area contributed by atoms with Crippen LogP contribution in [0.4, 0.5) is 0 Å². The van der Waals surface area contributed by atoms with Gasteiger partial charge in [-0.3, -0.25) is 33.3 Å². The molecule has 1 aromatic heterocycles. The third-order valence-corrected chi connectivity index (χ3v) is 12.1. The van der Waals surface area contributed by atoms with Crippen LogP contribution in [0.2, 0.25) is 0 Å². The van der Waals surface area contributed by atoms with Crippen molar-refractivity contribution in [3.05, 3.63) is 18.2 Å². The number of hydrogen-bond donors (Lipinski definition) is 6. The predicted molar refractivity (Wildman–Crippen MR) is 250 cm³/mol. The summed E-state index contributed by atoms with van der Waals surface area (Å²) in [5, 5.41) is 5.48. The van der Waals surface area contributed by atoms with Crippen molar-refractivity contribution >= 4 is 42.8 Å². The number of hydrogen-bond acceptors (Lipinski definition) is 16. The smallest absolute Gasteiger partial charge is 0.325 e. The Morgan fingerprint density at radius 1 is 0.783 bits per heavy atom. The van der Waals surface area contributed by atoms with Gasteiger partial charge in [-0.15, -0.1) is 0 Å². The maximum atomic E-state index is 14.0. The second kappa shape index (κ2) is 35.4. The van der Waals surface area contributed by atoms with Gasteiger partial charge in [0.25, 0.3) is 0 Å². The van der Waals surface area contributed by atoms with Gasteiger partial charge in [0.2, 0.25) is 23.6 Å². The molecule has 1 aliphatic rings. The highest BCUT2D eigenvalue weighted by Crippen LogP contribution is 2.39. The molecule has 0 aromatic carbocycles. The molecule has 69 heavy (non-hydrogen) atoms. The minimum absolute atomic E-state index is 0.0330. The van der Waals surface area contributed by atoms with E-state index in [4.69, 9.17) is 43.6 Å². The summed E-state index contributed by atoms with van der Waals surface area (Å²) in [6.45, 7) is 13.2. The Bertz CT molecular complexity index is 1690. The van der Waals surface area contributed by atoms with Crippen molar-refractivity contribution in [1.29, 1.82) is 0 Å². The molecule has 24 heteroatoms. The Kier molecular flexibility index (Phi) is 31.5. The van der Waals surface area contributed by atoms with Gasteiger partial charge in [-0.25, -0.2) is 4.98 Å². The maximum absolute atomic E-state index is 14.0. The summed E-state index contributed by atoms with van der Waals surface area (Å²) in [5.74, 6) is -6.45. The molecule has 2 heterocycles. The minimum Gasteiger partial charge on any atom is -0.382 e. The van der Waals surface area contributed by atoms with Crippen LogP contribution in [0, 0.1) is 23.7 Å². The van der Waals surface area contributed by atoms with Gasteiger partial charge in [-0.1, -0.05) is 20.8 Å². The number of likely N-dealkylation sites (tertiary alicyclic amines) is 1. The summed E-state index contributed by atoms with van der Waals surface area (Å²) in [6, 6.07) is -2.91. The lowest BCUT2D eigenvalue weighted by Gasteiger charge is -2.28. The van der Waals surface area contributed by atoms with Crippen LogP contribution in [0.3, 0.4) is 0 Å². The largest absolute Gasteiger partial charge is 0.382 e. The fourth-order valence-corrected chi connectivity index (χ4v) is 8.41. The molecule has 7 N–H and O–H groups in total. The van der Waals surface area contributed by atoms with Crippen molar-refractivity contribution in [2.24, 2.45) is 29.4 Å². The molecule has 0 unspecified atom stereocenters. The maximum Gasteiger partial charge on any atom is 0.325 e. The van der Waals surface area contributed by atoms with Crippen LogP contribution in [0.25, 0.3) is 0 Å². The fourth-order valence-electron chi connectivity index (χ4n) is 7.41. The number of nitrogens with zero attached hydrogens (tertiary/aromatic N) is 2. The molecule has 6 atom stereocenters. The number of methoxy groups -OCH3 is 1. The SMILES string of the molecule is COCCOCCOCCOCCOCCOCCOCCOCCC(=O)N1CCC[C@H]1C(=O)N[C@@H](CC(C)C)C(=O)C[C@@H](Cc1cnc[nH]1)C(=O)N[C@@H](C)C(=O)C[C@H](C(N)=O)[C@@H](C)CP(=O)(O)O. The molecule has 0 bridgehead atoms. The number of primary amides is 1.